The fourth-order valence-electron chi connectivity index (χ4n) is 4.16. The van der Waals surface area contributed by atoms with Crippen LogP contribution in [0.4, 0.5) is 5.82 Å². The normalized spacial score (nSPS) is 14.6. The number of anilines is 1. The summed E-state index contributed by atoms with van der Waals surface area (Å²) >= 11 is 1.66. The Morgan fingerprint density at radius 1 is 1.13 bits per heavy atom. The first-order valence-corrected chi connectivity index (χ1v) is 12.5. The van der Waals surface area contributed by atoms with Gasteiger partial charge in [0.25, 0.3) is 0 Å². The van der Waals surface area contributed by atoms with Crippen molar-refractivity contribution < 1.29 is 4.79 Å². The molecule has 1 aliphatic heterocycles. The third-order valence-corrected chi connectivity index (χ3v) is 6.38. The molecule has 0 bridgehead atoms. The molecule has 0 spiro atoms. The Labute approximate surface area is 184 Å². The number of carbonyl (C=O) groups excluding carboxylic acids is 1. The fourth-order valence-corrected chi connectivity index (χ4v) is 4.72. The SMILES string of the molecule is CCCC(CCC)C(=O)NCCn1ncc2c(N3CCCCC3)nc(SCC)nc21. The molecule has 1 aliphatic rings. The van der Waals surface area contributed by atoms with Crippen molar-refractivity contribution in [1.82, 2.24) is 25.1 Å². The molecule has 0 radical (unpaired) electrons. The van der Waals surface area contributed by atoms with Crippen molar-refractivity contribution in [2.75, 3.05) is 30.3 Å². The first-order chi connectivity index (χ1) is 14.7. The largest absolute Gasteiger partial charge is 0.356 e. The molecule has 166 valence electrons. The van der Waals surface area contributed by atoms with Gasteiger partial charge in [0.15, 0.2) is 10.8 Å². The topological polar surface area (TPSA) is 75.9 Å². The standard InChI is InChI=1S/C22H36N6OS/c1-4-10-17(11-5-2)21(29)23-12-15-28-20-18(16-24-28)19(25-22(26-20)30-6-3)27-13-8-7-9-14-27/h16-17H,4-15H2,1-3H3,(H,23,29). The molecule has 0 atom stereocenters. The highest BCUT2D eigenvalue weighted by atomic mass is 32.2. The smallest absolute Gasteiger partial charge is 0.223 e. The zero-order valence-corrected chi connectivity index (χ0v) is 19.5. The number of thioether (sulfide) groups is 1. The van der Waals surface area contributed by atoms with E-state index in [1.54, 1.807) is 11.8 Å². The maximum atomic E-state index is 12.5. The summed E-state index contributed by atoms with van der Waals surface area (Å²) in [6.45, 7) is 9.66. The maximum absolute atomic E-state index is 12.5. The Balaban J connectivity index is 1.74. The van der Waals surface area contributed by atoms with Crippen LogP contribution >= 0.6 is 11.8 Å². The number of piperidine rings is 1. The van der Waals surface area contributed by atoms with Crippen molar-refractivity contribution in [2.45, 2.75) is 77.4 Å². The van der Waals surface area contributed by atoms with E-state index in [1.165, 1.54) is 19.3 Å². The molecule has 0 aromatic carbocycles. The van der Waals surface area contributed by atoms with Crippen LogP contribution < -0.4 is 10.2 Å². The highest BCUT2D eigenvalue weighted by Crippen LogP contribution is 2.29. The van der Waals surface area contributed by atoms with Crippen LogP contribution in [0.2, 0.25) is 0 Å². The number of carbonyl (C=O) groups is 1. The van der Waals surface area contributed by atoms with Gasteiger partial charge in [-0.05, 0) is 37.9 Å². The first kappa shape index (κ1) is 22.8. The number of hydrogen-bond donors (Lipinski definition) is 1. The lowest BCUT2D eigenvalue weighted by atomic mass is 9.97. The molecule has 30 heavy (non-hydrogen) atoms. The molecule has 1 amide bonds. The fraction of sp³-hybridized carbons (Fsp3) is 0.727. The molecule has 8 heteroatoms. The highest BCUT2D eigenvalue weighted by Gasteiger charge is 2.20. The van der Waals surface area contributed by atoms with E-state index >= 15 is 0 Å². The van der Waals surface area contributed by atoms with Gasteiger partial charge in [-0.25, -0.2) is 14.6 Å². The van der Waals surface area contributed by atoms with E-state index in [9.17, 15) is 4.79 Å². The van der Waals surface area contributed by atoms with E-state index in [4.69, 9.17) is 9.97 Å². The molecule has 2 aromatic heterocycles. The molecule has 3 rings (SSSR count). The highest BCUT2D eigenvalue weighted by molar-refractivity contribution is 7.99. The average molecular weight is 433 g/mol. The Morgan fingerprint density at radius 3 is 2.53 bits per heavy atom. The lowest BCUT2D eigenvalue weighted by Crippen LogP contribution is -2.33. The van der Waals surface area contributed by atoms with Gasteiger partial charge in [-0.2, -0.15) is 5.10 Å². The summed E-state index contributed by atoms with van der Waals surface area (Å²) in [5.74, 6) is 2.23. The second kappa shape index (κ2) is 11.5. The predicted octanol–water partition coefficient (Wildman–Crippen LogP) is 4.26. The molecular weight excluding hydrogens is 396 g/mol. The lowest BCUT2D eigenvalue weighted by Gasteiger charge is -2.28. The van der Waals surface area contributed by atoms with E-state index < -0.39 is 0 Å². The zero-order chi connectivity index (χ0) is 21.3. The van der Waals surface area contributed by atoms with E-state index in [1.807, 2.05) is 10.9 Å². The summed E-state index contributed by atoms with van der Waals surface area (Å²) in [5.41, 5.74) is 0.870. The number of hydrogen-bond acceptors (Lipinski definition) is 6. The molecule has 1 fully saturated rings. The predicted molar refractivity (Wildman–Crippen MR) is 124 cm³/mol. The summed E-state index contributed by atoms with van der Waals surface area (Å²) in [6, 6.07) is 0. The van der Waals surface area contributed by atoms with Crippen LogP contribution in [0.15, 0.2) is 11.4 Å². The number of nitrogens with one attached hydrogen (secondary N) is 1. The molecule has 7 nitrogen and oxygen atoms in total. The monoisotopic (exact) mass is 432 g/mol. The van der Waals surface area contributed by atoms with Crippen LogP contribution in [0.5, 0.6) is 0 Å². The summed E-state index contributed by atoms with van der Waals surface area (Å²) in [5, 5.41) is 9.53. The number of aromatic nitrogens is 4. The van der Waals surface area contributed by atoms with Crippen molar-refractivity contribution in [3.8, 4) is 0 Å². The zero-order valence-electron chi connectivity index (χ0n) is 18.7. The molecule has 1 saturated heterocycles. The van der Waals surface area contributed by atoms with E-state index in [-0.39, 0.29) is 11.8 Å². The van der Waals surface area contributed by atoms with Crippen molar-refractivity contribution in [2.24, 2.45) is 5.92 Å². The van der Waals surface area contributed by atoms with E-state index in [0.29, 0.717) is 13.1 Å². The minimum absolute atomic E-state index is 0.120. The Hall–Kier alpha value is -1.83. The minimum Gasteiger partial charge on any atom is -0.356 e. The number of fused-ring (bicyclic) bond motifs is 1. The third-order valence-electron chi connectivity index (χ3n) is 5.65. The minimum atomic E-state index is 0.120. The molecular formula is C22H36N6OS. The first-order valence-electron chi connectivity index (χ1n) is 11.6. The van der Waals surface area contributed by atoms with Crippen LogP contribution in [-0.2, 0) is 11.3 Å². The van der Waals surface area contributed by atoms with Gasteiger partial charge in [-0.15, -0.1) is 0 Å². The van der Waals surface area contributed by atoms with Gasteiger partial charge >= 0.3 is 0 Å². The molecule has 1 N–H and O–H groups in total. The molecule has 2 aromatic rings. The molecule has 0 saturated carbocycles. The summed E-state index contributed by atoms with van der Waals surface area (Å²) in [6.07, 6.45) is 9.57. The van der Waals surface area contributed by atoms with Crippen LogP contribution in [-0.4, -0.2) is 51.0 Å². The van der Waals surface area contributed by atoms with Gasteiger partial charge in [0.2, 0.25) is 5.91 Å². The van der Waals surface area contributed by atoms with Crippen LogP contribution in [0, 0.1) is 5.92 Å². The Bertz CT molecular complexity index is 811. The van der Waals surface area contributed by atoms with Crippen LogP contribution in [0.3, 0.4) is 0 Å². The molecule has 0 aliphatic carbocycles. The number of rotatable bonds is 11. The van der Waals surface area contributed by atoms with Crippen molar-refractivity contribution in [1.29, 1.82) is 0 Å². The van der Waals surface area contributed by atoms with Crippen LogP contribution in [0.1, 0.15) is 65.7 Å². The molecule has 0 unspecified atom stereocenters. The third kappa shape index (κ3) is 5.65. The average Bonchev–Trinajstić information content (AvgIpc) is 3.17. The number of nitrogens with zero attached hydrogens (tertiary/aromatic N) is 5. The van der Waals surface area contributed by atoms with Gasteiger partial charge in [0, 0.05) is 25.6 Å². The second-order valence-corrected chi connectivity index (χ2v) is 9.21. The van der Waals surface area contributed by atoms with Gasteiger partial charge in [0.05, 0.1) is 18.1 Å². The van der Waals surface area contributed by atoms with Gasteiger partial charge in [-0.3, -0.25) is 4.79 Å². The van der Waals surface area contributed by atoms with Gasteiger partial charge in [0.1, 0.15) is 5.82 Å². The Kier molecular flexibility index (Phi) is 8.78. The van der Waals surface area contributed by atoms with Crippen molar-refractivity contribution in [3.63, 3.8) is 0 Å². The summed E-state index contributed by atoms with van der Waals surface area (Å²) < 4.78 is 1.92. The lowest BCUT2D eigenvalue weighted by molar-refractivity contribution is -0.125. The van der Waals surface area contributed by atoms with Gasteiger partial charge in [-0.1, -0.05) is 45.4 Å². The van der Waals surface area contributed by atoms with E-state index in [0.717, 1.165) is 66.5 Å². The maximum Gasteiger partial charge on any atom is 0.223 e. The van der Waals surface area contributed by atoms with Crippen LogP contribution in [0.25, 0.3) is 11.0 Å². The summed E-state index contributed by atoms with van der Waals surface area (Å²) in [7, 11) is 0. The van der Waals surface area contributed by atoms with E-state index in [2.05, 4.69) is 36.1 Å². The van der Waals surface area contributed by atoms with Gasteiger partial charge < -0.3 is 10.2 Å². The second-order valence-electron chi connectivity index (χ2n) is 7.98. The van der Waals surface area contributed by atoms with Crippen molar-refractivity contribution in [3.05, 3.63) is 6.20 Å². The number of amides is 1. The Morgan fingerprint density at radius 2 is 1.87 bits per heavy atom. The summed E-state index contributed by atoms with van der Waals surface area (Å²) in [4.78, 5) is 24.6. The van der Waals surface area contributed by atoms with Crippen molar-refractivity contribution >= 4 is 34.5 Å². The quantitative estimate of drug-likeness (QED) is 0.422. The molecule has 3 heterocycles.